The second-order valence-electron chi connectivity index (χ2n) is 6.98. The molecule has 2 aromatic rings. The summed E-state index contributed by atoms with van der Waals surface area (Å²) in [4.78, 5) is 12.5. The van der Waals surface area contributed by atoms with E-state index in [4.69, 9.17) is 14.2 Å². The van der Waals surface area contributed by atoms with Crippen molar-refractivity contribution in [3.63, 3.8) is 0 Å². The standard InChI is InChI=1S/C22H27NO4/c1-15-9-16(2)11-20(10-15)27-14-18-12-17(6-7-21(18)25-3)22(24)23-13-19-5-4-8-26-19/h6-7,9-12,19H,4-5,8,13-14H2,1-3H3,(H,23,24). The zero-order chi connectivity index (χ0) is 19.2. The highest BCUT2D eigenvalue weighted by atomic mass is 16.5. The van der Waals surface area contributed by atoms with Crippen molar-refractivity contribution in [2.75, 3.05) is 20.3 Å². The number of methoxy groups -OCH3 is 1. The third kappa shape index (κ3) is 5.23. The van der Waals surface area contributed by atoms with Crippen LogP contribution < -0.4 is 14.8 Å². The third-order valence-corrected chi connectivity index (χ3v) is 4.65. The van der Waals surface area contributed by atoms with E-state index in [-0.39, 0.29) is 12.0 Å². The number of ether oxygens (including phenoxy) is 3. The molecule has 1 unspecified atom stereocenters. The number of carbonyl (C=O) groups excluding carboxylic acids is 1. The van der Waals surface area contributed by atoms with Crippen LogP contribution in [0.25, 0.3) is 0 Å². The van der Waals surface area contributed by atoms with Gasteiger partial charge in [0.1, 0.15) is 18.1 Å². The second-order valence-corrected chi connectivity index (χ2v) is 6.98. The quantitative estimate of drug-likeness (QED) is 0.807. The monoisotopic (exact) mass is 369 g/mol. The number of nitrogens with one attached hydrogen (secondary N) is 1. The van der Waals surface area contributed by atoms with E-state index in [9.17, 15) is 4.79 Å². The van der Waals surface area contributed by atoms with Gasteiger partial charge in [-0.3, -0.25) is 4.79 Å². The molecule has 0 aliphatic carbocycles. The summed E-state index contributed by atoms with van der Waals surface area (Å²) in [5.74, 6) is 1.40. The lowest BCUT2D eigenvalue weighted by atomic mass is 10.1. The molecule has 2 aromatic carbocycles. The van der Waals surface area contributed by atoms with Gasteiger partial charge in [0.2, 0.25) is 0 Å². The Balaban J connectivity index is 1.67. The maximum Gasteiger partial charge on any atom is 0.251 e. The van der Waals surface area contributed by atoms with Crippen molar-refractivity contribution < 1.29 is 19.0 Å². The lowest BCUT2D eigenvalue weighted by Crippen LogP contribution is -2.31. The second kappa shape index (κ2) is 8.91. The largest absolute Gasteiger partial charge is 0.496 e. The van der Waals surface area contributed by atoms with E-state index in [1.165, 1.54) is 0 Å². The summed E-state index contributed by atoms with van der Waals surface area (Å²) in [6, 6.07) is 11.5. The summed E-state index contributed by atoms with van der Waals surface area (Å²) in [6.45, 7) is 5.74. The van der Waals surface area contributed by atoms with Crippen molar-refractivity contribution >= 4 is 5.91 Å². The first kappa shape index (κ1) is 19.2. The number of aryl methyl sites for hydroxylation is 2. The molecule has 0 aromatic heterocycles. The van der Waals surface area contributed by atoms with Crippen LogP contribution >= 0.6 is 0 Å². The molecule has 1 aliphatic rings. The minimum Gasteiger partial charge on any atom is -0.496 e. The van der Waals surface area contributed by atoms with E-state index in [1.54, 1.807) is 19.2 Å². The first-order valence-corrected chi connectivity index (χ1v) is 9.33. The lowest BCUT2D eigenvalue weighted by molar-refractivity contribution is 0.0857. The van der Waals surface area contributed by atoms with Gasteiger partial charge in [0.25, 0.3) is 5.91 Å². The molecule has 0 spiro atoms. The molecule has 1 saturated heterocycles. The van der Waals surface area contributed by atoms with E-state index < -0.39 is 0 Å². The average Bonchev–Trinajstić information content (AvgIpc) is 3.17. The molecule has 1 aliphatic heterocycles. The fourth-order valence-electron chi connectivity index (χ4n) is 3.32. The smallest absolute Gasteiger partial charge is 0.251 e. The molecular weight excluding hydrogens is 342 g/mol. The molecule has 5 heteroatoms. The predicted molar refractivity (Wildman–Crippen MR) is 105 cm³/mol. The molecule has 1 N–H and O–H groups in total. The van der Waals surface area contributed by atoms with Gasteiger partial charge in [-0.1, -0.05) is 6.07 Å². The van der Waals surface area contributed by atoms with Gasteiger partial charge < -0.3 is 19.5 Å². The lowest BCUT2D eigenvalue weighted by Gasteiger charge is -2.14. The Morgan fingerprint density at radius 3 is 2.63 bits per heavy atom. The minimum atomic E-state index is -0.110. The highest BCUT2D eigenvalue weighted by Gasteiger charge is 2.17. The molecule has 27 heavy (non-hydrogen) atoms. The molecule has 1 amide bonds. The van der Waals surface area contributed by atoms with Crippen LogP contribution in [0.5, 0.6) is 11.5 Å². The van der Waals surface area contributed by atoms with Crippen LogP contribution in [-0.2, 0) is 11.3 Å². The molecule has 1 atom stereocenters. The van der Waals surface area contributed by atoms with Crippen molar-refractivity contribution in [1.29, 1.82) is 0 Å². The van der Waals surface area contributed by atoms with E-state index in [1.807, 2.05) is 32.0 Å². The number of hydrogen-bond acceptors (Lipinski definition) is 4. The average molecular weight is 369 g/mol. The van der Waals surface area contributed by atoms with Crippen LogP contribution in [0.2, 0.25) is 0 Å². The topological polar surface area (TPSA) is 56.8 Å². The van der Waals surface area contributed by atoms with Gasteiger partial charge in [0, 0.05) is 24.3 Å². The zero-order valence-electron chi connectivity index (χ0n) is 16.2. The highest BCUT2D eigenvalue weighted by Crippen LogP contribution is 2.23. The first-order valence-electron chi connectivity index (χ1n) is 9.33. The molecule has 1 fully saturated rings. The molecule has 0 radical (unpaired) electrons. The number of benzene rings is 2. The molecule has 0 saturated carbocycles. The van der Waals surface area contributed by atoms with Crippen molar-refractivity contribution in [1.82, 2.24) is 5.32 Å². The Bertz CT molecular complexity index is 777. The van der Waals surface area contributed by atoms with Gasteiger partial charge in [0.05, 0.1) is 13.2 Å². The Morgan fingerprint density at radius 2 is 1.96 bits per heavy atom. The molecule has 1 heterocycles. The van der Waals surface area contributed by atoms with Gasteiger partial charge in [-0.25, -0.2) is 0 Å². The normalized spacial score (nSPS) is 16.2. The SMILES string of the molecule is COc1ccc(C(=O)NCC2CCCO2)cc1COc1cc(C)cc(C)c1. The summed E-state index contributed by atoms with van der Waals surface area (Å²) in [7, 11) is 1.62. The Hall–Kier alpha value is -2.53. The molecular formula is C22H27NO4. The number of carbonyl (C=O) groups is 1. The van der Waals surface area contributed by atoms with Crippen LogP contribution in [0.1, 0.15) is 39.9 Å². The summed E-state index contributed by atoms with van der Waals surface area (Å²) >= 11 is 0. The van der Waals surface area contributed by atoms with Crippen LogP contribution in [0.4, 0.5) is 0 Å². The first-order chi connectivity index (χ1) is 13.0. The fraction of sp³-hybridized carbons (Fsp3) is 0.409. The summed E-state index contributed by atoms with van der Waals surface area (Å²) < 4.78 is 16.9. The van der Waals surface area contributed by atoms with Gasteiger partial charge in [-0.2, -0.15) is 0 Å². The number of hydrogen-bond donors (Lipinski definition) is 1. The van der Waals surface area contributed by atoms with Gasteiger partial charge >= 0.3 is 0 Å². The maximum atomic E-state index is 12.5. The Kier molecular flexibility index (Phi) is 6.35. The maximum absolute atomic E-state index is 12.5. The van der Waals surface area contributed by atoms with Crippen molar-refractivity contribution in [2.24, 2.45) is 0 Å². The van der Waals surface area contributed by atoms with Crippen molar-refractivity contribution in [3.05, 3.63) is 58.7 Å². The highest BCUT2D eigenvalue weighted by molar-refractivity contribution is 5.94. The Morgan fingerprint density at radius 1 is 1.19 bits per heavy atom. The summed E-state index contributed by atoms with van der Waals surface area (Å²) in [5.41, 5.74) is 3.73. The number of rotatable bonds is 7. The molecule has 3 rings (SSSR count). The van der Waals surface area contributed by atoms with Gasteiger partial charge in [-0.15, -0.1) is 0 Å². The van der Waals surface area contributed by atoms with E-state index in [0.717, 1.165) is 41.9 Å². The zero-order valence-corrected chi connectivity index (χ0v) is 16.2. The Labute approximate surface area is 160 Å². The van der Waals surface area contributed by atoms with Crippen LogP contribution in [0.3, 0.4) is 0 Å². The van der Waals surface area contributed by atoms with Crippen molar-refractivity contribution in [2.45, 2.75) is 39.4 Å². The third-order valence-electron chi connectivity index (χ3n) is 4.65. The van der Waals surface area contributed by atoms with E-state index in [2.05, 4.69) is 11.4 Å². The van der Waals surface area contributed by atoms with Crippen molar-refractivity contribution in [3.8, 4) is 11.5 Å². The summed E-state index contributed by atoms with van der Waals surface area (Å²) in [6.07, 6.45) is 2.18. The van der Waals surface area contributed by atoms with Crippen LogP contribution in [-0.4, -0.2) is 32.3 Å². The fourth-order valence-corrected chi connectivity index (χ4v) is 3.32. The van der Waals surface area contributed by atoms with E-state index >= 15 is 0 Å². The molecule has 0 bridgehead atoms. The minimum absolute atomic E-state index is 0.110. The molecule has 5 nitrogen and oxygen atoms in total. The number of amides is 1. The predicted octanol–water partition coefficient (Wildman–Crippen LogP) is 3.80. The molecule has 144 valence electrons. The van der Waals surface area contributed by atoms with E-state index in [0.29, 0.717) is 24.5 Å². The van der Waals surface area contributed by atoms with Gasteiger partial charge in [-0.05, 0) is 68.1 Å². The van der Waals surface area contributed by atoms with Crippen LogP contribution in [0.15, 0.2) is 36.4 Å². The summed E-state index contributed by atoms with van der Waals surface area (Å²) in [5, 5.41) is 2.95. The van der Waals surface area contributed by atoms with Gasteiger partial charge in [0.15, 0.2) is 0 Å². The van der Waals surface area contributed by atoms with Crippen LogP contribution in [0, 0.1) is 13.8 Å².